The molecule has 0 fully saturated rings. The number of nitrogens with one attached hydrogen (secondary N) is 1. The molecule has 0 amide bonds. The van der Waals surface area contributed by atoms with E-state index in [-0.39, 0.29) is 13.2 Å². The molecule has 0 aromatic heterocycles. The van der Waals surface area contributed by atoms with Crippen molar-refractivity contribution in [3.63, 3.8) is 0 Å². The SMILES string of the molecule is COCC(C)(C=O)NCC=O. The molecule has 0 radical (unpaired) electrons. The van der Waals surface area contributed by atoms with Crippen LogP contribution in [0.15, 0.2) is 0 Å². The molecule has 0 heterocycles. The van der Waals surface area contributed by atoms with Crippen LogP contribution in [0.4, 0.5) is 0 Å². The number of carbonyl (C=O) groups excluding carboxylic acids is 2. The van der Waals surface area contributed by atoms with Gasteiger partial charge in [0.15, 0.2) is 0 Å². The monoisotopic (exact) mass is 159 g/mol. The van der Waals surface area contributed by atoms with Crippen molar-refractivity contribution < 1.29 is 14.3 Å². The maximum absolute atomic E-state index is 10.5. The Hall–Kier alpha value is -0.740. The second-order valence-electron chi connectivity index (χ2n) is 2.52. The van der Waals surface area contributed by atoms with Gasteiger partial charge in [-0.05, 0) is 6.92 Å². The molecule has 1 atom stereocenters. The molecule has 0 aliphatic carbocycles. The van der Waals surface area contributed by atoms with Crippen LogP contribution in [-0.4, -0.2) is 38.4 Å². The van der Waals surface area contributed by atoms with Crippen molar-refractivity contribution in [1.29, 1.82) is 0 Å². The molecule has 4 heteroatoms. The third kappa shape index (κ3) is 3.85. The summed E-state index contributed by atoms with van der Waals surface area (Å²) < 4.78 is 4.79. The highest BCUT2D eigenvalue weighted by molar-refractivity contribution is 5.65. The van der Waals surface area contributed by atoms with Gasteiger partial charge in [0.1, 0.15) is 12.6 Å². The Kier molecular flexibility index (Phi) is 4.65. The Labute approximate surface area is 65.9 Å². The van der Waals surface area contributed by atoms with E-state index >= 15 is 0 Å². The molecule has 0 rings (SSSR count). The fourth-order valence-corrected chi connectivity index (χ4v) is 0.701. The summed E-state index contributed by atoms with van der Waals surface area (Å²) in [6.45, 7) is 2.11. The molecule has 4 nitrogen and oxygen atoms in total. The zero-order valence-electron chi connectivity index (χ0n) is 6.79. The van der Waals surface area contributed by atoms with Gasteiger partial charge < -0.3 is 14.3 Å². The van der Waals surface area contributed by atoms with Crippen molar-refractivity contribution in [3.05, 3.63) is 0 Å². The average Bonchev–Trinajstić information content (AvgIpc) is 2.02. The maximum Gasteiger partial charge on any atom is 0.142 e. The molecule has 0 saturated carbocycles. The predicted molar refractivity (Wildman–Crippen MR) is 40.4 cm³/mol. The summed E-state index contributed by atoms with van der Waals surface area (Å²) in [5, 5.41) is 2.74. The lowest BCUT2D eigenvalue weighted by Crippen LogP contribution is -2.48. The fourth-order valence-electron chi connectivity index (χ4n) is 0.701. The molecule has 0 spiro atoms. The van der Waals surface area contributed by atoms with Crippen molar-refractivity contribution in [2.45, 2.75) is 12.5 Å². The molecule has 0 aliphatic rings. The van der Waals surface area contributed by atoms with Gasteiger partial charge in [-0.2, -0.15) is 0 Å². The highest BCUT2D eigenvalue weighted by atomic mass is 16.5. The van der Waals surface area contributed by atoms with Gasteiger partial charge in [0.2, 0.25) is 0 Å². The molecule has 0 aromatic carbocycles. The minimum Gasteiger partial charge on any atom is -0.382 e. The Balaban J connectivity index is 3.86. The Morgan fingerprint density at radius 3 is 2.55 bits per heavy atom. The summed E-state index contributed by atoms with van der Waals surface area (Å²) in [5.41, 5.74) is -0.740. The van der Waals surface area contributed by atoms with E-state index in [2.05, 4.69) is 5.32 Å². The standard InChI is InChI=1S/C7H13NO3/c1-7(5-10,6-11-2)8-3-4-9/h4-5,8H,3,6H2,1-2H3. The van der Waals surface area contributed by atoms with Crippen LogP contribution in [0.5, 0.6) is 0 Å². The number of aldehydes is 2. The molecule has 0 aromatic rings. The number of ether oxygens (including phenoxy) is 1. The Morgan fingerprint density at radius 2 is 2.18 bits per heavy atom. The molecule has 1 unspecified atom stereocenters. The van der Waals surface area contributed by atoms with Crippen molar-refractivity contribution in [2.24, 2.45) is 0 Å². The minimum atomic E-state index is -0.740. The quantitative estimate of drug-likeness (QED) is 0.525. The summed E-state index contributed by atoms with van der Waals surface area (Å²) in [5.74, 6) is 0. The first-order valence-corrected chi connectivity index (χ1v) is 3.32. The van der Waals surface area contributed by atoms with Crippen LogP contribution in [0.2, 0.25) is 0 Å². The van der Waals surface area contributed by atoms with E-state index in [1.54, 1.807) is 6.92 Å². The molecular formula is C7H13NO3. The van der Waals surface area contributed by atoms with Gasteiger partial charge in [0, 0.05) is 7.11 Å². The van der Waals surface area contributed by atoms with Crippen molar-refractivity contribution in [2.75, 3.05) is 20.3 Å². The summed E-state index contributed by atoms with van der Waals surface area (Å²) >= 11 is 0. The zero-order valence-corrected chi connectivity index (χ0v) is 6.79. The normalized spacial score (nSPS) is 15.5. The van der Waals surface area contributed by atoms with Gasteiger partial charge in [-0.3, -0.25) is 5.32 Å². The highest BCUT2D eigenvalue weighted by Crippen LogP contribution is 1.97. The first kappa shape index (κ1) is 10.3. The van der Waals surface area contributed by atoms with E-state index in [4.69, 9.17) is 4.74 Å². The minimum absolute atomic E-state index is 0.165. The van der Waals surface area contributed by atoms with Gasteiger partial charge in [0.05, 0.1) is 18.7 Å². The van der Waals surface area contributed by atoms with Crippen LogP contribution in [0.25, 0.3) is 0 Å². The van der Waals surface area contributed by atoms with E-state index < -0.39 is 5.54 Å². The number of carbonyl (C=O) groups is 2. The molecular weight excluding hydrogens is 146 g/mol. The van der Waals surface area contributed by atoms with E-state index in [1.807, 2.05) is 0 Å². The number of methoxy groups -OCH3 is 1. The lowest BCUT2D eigenvalue weighted by Gasteiger charge is -2.21. The Morgan fingerprint density at radius 1 is 1.55 bits per heavy atom. The lowest BCUT2D eigenvalue weighted by molar-refractivity contribution is -0.115. The summed E-state index contributed by atoms with van der Waals surface area (Å²) in [7, 11) is 1.50. The molecule has 0 aliphatic heterocycles. The fraction of sp³-hybridized carbons (Fsp3) is 0.714. The van der Waals surface area contributed by atoms with Crippen LogP contribution in [-0.2, 0) is 14.3 Å². The van der Waals surface area contributed by atoms with E-state index in [1.165, 1.54) is 7.11 Å². The van der Waals surface area contributed by atoms with Gasteiger partial charge in [-0.25, -0.2) is 0 Å². The topological polar surface area (TPSA) is 55.4 Å². The van der Waals surface area contributed by atoms with Crippen LogP contribution in [0.1, 0.15) is 6.92 Å². The summed E-state index contributed by atoms with van der Waals surface area (Å²) in [6.07, 6.45) is 1.44. The second kappa shape index (κ2) is 4.98. The molecule has 0 saturated heterocycles. The van der Waals surface area contributed by atoms with Crippen LogP contribution in [0, 0.1) is 0 Å². The van der Waals surface area contributed by atoms with E-state index in [0.29, 0.717) is 6.29 Å². The van der Waals surface area contributed by atoms with Gasteiger partial charge in [-0.15, -0.1) is 0 Å². The van der Waals surface area contributed by atoms with Gasteiger partial charge >= 0.3 is 0 Å². The van der Waals surface area contributed by atoms with Crippen molar-refractivity contribution >= 4 is 12.6 Å². The van der Waals surface area contributed by atoms with E-state index in [9.17, 15) is 9.59 Å². The van der Waals surface area contributed by atoms with Crippen LogP contribution < -0.4 is 5.32 Å². The second-order valence-corrected chi connectivity index (χ2v) is 2.52. The molecule has 1 N–H and O–H groups in total. The number of rotatable bonds is 6. The summed E-state index contributed by atoms with van der Waals surface area (Å²) in [4.78, 5) is 20.4. The average molecular weight is 159 g/mol. The zero-order chi connectivity index (χ0) is 8.74. The summed E-state index contributed by atoms with van der Waals surface area (Å²) in [6, 6.07) is 0. The highest BCUT2D eigenvalue weighted by Gasteiger charge is 2.21. The molecule has 11 heavy (non-hydrogen) atoms. The maximum atomic E-state index is 10.5. The first-order valence-electron chi connectivity index (χ1n) is 3.32. The van der Waals surface area contributed by atoms with Crippen LogP contribution >= 0.6 is 0 Å². The Bertz CT molecular complexity index is 138. The van der Waals surface area contributed by atoms with Crippen LogP contribution in [0.3, 0.4) is 0 Å². The van der Waals surface area contributed by atoms with E-state index in [0.717, 1.165) is 6.29 Å². The third-order valence-corrected chi connectivity index (χ3v) is 1.29. The van der Waals surface area contributed by atoms with Gasteiger partial charge in [-0.1, -0.05) is 0 Å². The smallest absolute Gasteiger partial charge is 0.142 e. The first-order chi connectivity index (χ1) is 5.18. The lowest BCUT2D eigenvalue weighted by atomic mass is 10.1. The van der Waals surface area contributed by atoms with Crippen molar-refractivity contribution in [3.8, 4) is 0 Å². The number of hydrogen-bond acceptors (Lipinski definition) is 4. The van der Waals surface area contributed by atoms with Crippen molar-refractivity contribution in [1.82, 2.24) is 5.32 Å². The third-order valence-electron chi connectivity index (χ3n) is 1.29. The largest absolute Gasteiger partial charge is 0.382 e. The molecule has 0 bridgehead atoms. The molecule has 64 valence electrons. The van der Waals surface area contributed by atoms with Gasteiger partial charge in [0.25, 0.3) is 0 Å². The number of hydrogen-bond donors (Lipinski definition) is 1. The predicted octanol–water partition coefficient (Wildman–Crippen LogP) is -0.621.